The molecule has 0 atom stereocenters. The lowest BCUT2D eigenvalue weighted by molar-refractivity contribution is 0.414. The van der Waals surface area contributed by atoms with Gasteiger partial charge in [-0.05, 0) is 29.8 Å². The van der Waals surface area contributed by atoms with Crippen LogP contribution in [0.4, 0.5) is 10.2 Å². The van der Waals surface area contributed by atoms with E-state index >= 15 is 0 Å². The van der Waals surface area contributed by atoms with Gasteiger partial charge in [-0.2, -0.15) is 5.10 Å². The van der Waals surface area contributed by atoms with Crippen molar-refractivity contribution in [1.82, 2.24) is 19.7 Å². The molecular weight excluding hydrogens is 321 g/mol. The number of nitrogen functional groups attached to an aromatic ring is 1. The molecule has 0 radical (unpaired) electrons. The highest BCUT2D eigenvalue weighted by molar-refractivity contribution is 5.79. The van der Waals surface area contributed by atoms with Crippen LogP contribution >= 0.6 is 0 Å². The van der Waals surface area contributed by atoms with Gasteiger partial charge >= 0.3 is 0 Å². The summed E-state index contributed by atoms with van der Waals surface area (Å²) in [6.07, 6.45) is 0. The number of halogens is 1. The van der Waals surface area contributed by atoms with Crippen molar-refractivity contribution in [2.75, 3.05) is 12.8 Å². The van der Waals surface area contributed by atoms with Crippen LogP contribution in [-0.2, 0) is 6.54 Å². The zero-order valence-electron chi connectivity index (χ0n) is 13.5. The Balaban J connectivity index is 1.71. The number of nitrogens with two attached hydrogens (primary N) is 1. The third-order valence-electron chi connectivity index (χ3n) is 3.98. The lowest BCUT2D eigenvalue weighted by atomic mass is 10.2. The van der Waals surface area contributed by atoms with Gasteiger partial charge in [0.15, 0.2) is 5.82 Å². The number of hydrogen-bond donors (Lipinski definition) is 2. The third kappa shape index (κ3) is 2.91. The molecule has 126 valence electrons. The Labute approximate surface area is 143 Å². The second kappa shape index (κ2) is 5.94. The van der Waals surface area contributed by atoms with Crippen LogP contribution in [-0.4, -0.2) is 26.9 Å². The summed E-state index contributed by atoms with van der Waals surface area (Å²) >= 11 is 0. The highest BCUT2D eigenvalue weighted by Gasteiger charge is 2.13. The molecule has 2 aromatic carbocycles. The highest BCUT2D eigenvalue weighted by atomic mass is 19.1. The van der Waals surface area contributed by atoms with Crippen LogP contribution in [0.1, 0.15) is 5.56 Å². The van der Waals surface area contributed by atoms with E-state index in [9.17, 15) is 4.39 Å². The summed E-state index contributed by atoms with van der Waals surface area (Å²) in [5.41, 5.74) is 8.99. The van der Waals surface area contributed by atoms with Crippen LogP contribution < -0.4 is 10.5 Å². The summed E-state index contributed by atoms with van der Waals surface area (Å²) in [4.78, 5) is 7.64. The second-order valence-corrected chi connectivity index (χ2v) is 5.71. The fraction of sp³-hybridized carbons (Fsp3) is 0.111. The molecule has 2 heterocycles. The van der Waals surface area contributed by atoms with Crippen molar-refractivity contribution < 1.29 is 9.13 Å². The third-order valence-corrected chi connectivity index (χ3v) is 3.98. The van der Waals surface area contributed by atoms with Gasteiger partial charge in [0.05, 0.1) is 24.7 Å². The number of nitrogens with zero attached hydrogens (tertiary/aromatic N) is 3. The van der Waals surface area contributed by atoms with E-state index in [-0.39, 0.29) is 5.82 Å². The lowest BCUT2D eigenvalue weighted by Crippen LogP contribution is -2.05. The first-order valence-electron chi connectivity index (χ1n) is 7.74. The first kappa shape index (κ1) is 15.2. The molecule has 0 bridgehead atoms. The molecule has 0 amide bonds. The van der Waals surface area contributed by atoms with E-state index in [4.69, 9.17) is 10.5 Å². The minimum atomic E-state index is -0.322. The fourth-order valence-electron chi connectivity index (χ4n) is 2.75. The van der Waals surface area contributed by atoms with Crippen LogP contribution in [0.3, 0.4) is 0 Å². The number of aromatic nitrogens is 4. The first-order valence-corrected chi connectivity index (χ1v) is 7.74. The minimum Gasteiger partial charge on any atom is -0.497 e. The van der Waals surface area contributed by atoms with Gasteiger partial charge in [-0.3, -0.25) is 4.68 Å². The molecule has 0 saturated heterocycles. The summed E-state index contributed by atoms with van der Waals surface area (Å²) in [5, 5.41) is 4.34. The predicted molar refractivity (Wildman–Crippen MR) is 93.8 cm³/mol. The van der Waals surface area contributed by atoms with E-state index in [0.717, 1.165) is 22.5 Å². The summed E-state index contributed by atoms with van der Waals surface area (Å²) in [5.74, 6) is 1.47. The molecule has 0 fully saturated rings. The number of methoxy groups -OCH3 is 1. The van der Waals surface area contributed by atoms with Gasteiger partial charge in [-0.15, -0.1) is 0 Å². The second-order valence-electron chi connectivity index (χ2n) is 5.71. The zero-order valence-corrected chi connectivity index (χ0v) is 13.5. The Morgan fingerprint density at radius 1 is 1.16 bits per heavy atom. The molecule has 25 heavy (non-hydrogen) atoms. The molecule has 0 unspecified atom stereocenters. The van der Waals surface area contributed by atoms with Crippen molar-refractivity contribution in [3.63, 3.8) is 0 Å². The highest BCUT2D eigenvalue weighted by Crippen LogP contribution is 2.24. The molecule has 6 nitrogen and oxygen atoms in total. The topological polar surface area (TPSA) is 81.8 Å². The first-order chi connectivity index (χ1) is 12.1. The largest absolute Gasteiger partial charge is 0.497 e. The van der Waals surface area contributed by atoms with E-state index < -0.39 is 0 Å². The smallest absolute Gasteiger partial charge is 0.156 e. The van der Waals surface area contributed by atoms with Crippen molar-refractivity contribution in [2.24, 2.45) is 0 Å². The van der Waals surface area contributed by atoms with Gasteiger partial charge in [0, 0.05) is 12.1 Å². The number of ether oxygens (including phenoxy) is 1. The quantitative estimate of drug-likeness (QED) is 0.599. The Morgan fingerprint density at radius 2 is 1.96 bits per heavy atom. The molecule has 0 spiro atoms. The maximum atomic E-state index is 13.4. The summed E-state index contributed by atoms with van der Waals surface area (Å²) in [6, 6.07) is 13.9. The number of benzene rings is 2. The van der Waals surface area contributed by atoms with Gasteiger partial charge in [-0.1, -0.05) is 12.1 Å². The Hall–Kier alpha value is -3.35. The number of rotatable bonds is 4. The van der Waals surface area contributed by atoms with E-state index in [1.807, 2.05) is 24.3 Å². The van der Waals surface area contributed by atoms with Crippen LogP contribution in [0.2, 0.25) is 0 Å². The Bertz CT molecular complexity index is 1040. The van der Waals surface area contributed by atoms with E-state index in [2.05, 4.69) is 15.1 Å². The van der Waals surface area contributed by atoms with Gasteiger partial charge in [0.25, 0.3) is 0 Å². The Morgan fingerprint density at radius 3 is 2.72 bits per heavy atom. The zero-order chi connectivity index (χ0) is 17.4. The average molecular weight is 337 g/mol. The normalized spacial score (nSPS) is 11.1. The van der Waals surface area contributed by atoms with Crippen LogP contribution in [0.5, 0.6) is 5.75 Å². The summed E-state index contributed by atoms with van der Waals surface area (Å²) in [6.45, 7) is 0.530. The minimum absolute atomic E-state index is 0.322. The van der Waals surface area contributed by atoms with Gasteiger partial charge < -0.3 is 15.5 Å². The van der Waals surface area contributed by atoms with Crippen molar-refractivity contribution >= 4 is 16.9 Å². The van der Waals surface area contributed by atoms with Crippen molar-refractivity contribution in [3.8, 4) is 17.3 Å². The number of nitrogens with one attached hydrogen (secondary N) is 1. The van der Waals surface area contributed by atoms with Crippen LogP contribution in [0, 0.1) is 5.82 Å². The van der Waals surface area contributed by atoms with Gasteiger partial charge in [0.2, 0.25) is 0 Å². The molecule has 4 rings (SSSR count). The molecule has 4 aromatic rings. The van der Waals surface area contributed by atoms with E-state index in [1.165, 1.54) is 12.1 Å². The van der Waals surface area contributed by atoms with Gasteiger partial charge in [-0.25, -0.2) is 9.37 Å². The number of aromatic amines is 1. The molecule has 2 aromatic heterocycles. The Kier molecular flexibility index (Phi) is 3.61. The SMILES string of the molecule is COc1ccc(Cn2nc(N)cc2-c2nc3cc(F)ccc3[nH]2)cc1. The van der Waals surface area contributed by atoms with Gasteiger partial charge in [0.1, 0.15) is 23.1 Å². The number of fused-ring (bicyclic) bond motifs is 1. The molecule has 7 heteroatoms. The standard InChI is InChI=1S/C18H16FN5O/c1-25-13-5-2-11(3-6-13)10-24-16(9-17(20)23-24)18-21-14-7-4-12(19)8-15(14)22-18/h2-9H,10H2,1H3,(H2,20,23)(H,21,22). The van der Waals surface area contributed by atoms with E-state index in [0.29, 0.717) is 23.7 Å². The maximum absolute atomic E-state index is 13.4. The number of H-pyrrole nitrogens is 1. The average Bonchev–Trinajstić information content (AvgIpc) is 3.18. The molecule has 0 saturated carbocycles. The van der Waals surface area contributed by atoms with Crippen molar-refractivity contribution in [2.45, 2.75) is 6.54 Å². The lowest BCUT2D eigenvalue weighted by Gasteiger charge is -2.06. The van der Waals surface area contributed by atoms with Crippen molar-refractivity contribution in [3.05, 3.63) is 59.9 Å². The molecule has 0 aliphatic carbocycles. The maximum Gasteiger partial charge on any atom is 0.156 e. The monoisotopic (exact) mass is 337 g/mol. The van der Waals surface area contributed by atoms with Crippen LogP contribution in [0.15, 0.2) is 48.5 Å². The molecule has 0 aliphatic heterocycles. The van der Waals surface area contributed by atoms with Crippen LogP contribution in [0.25, 0.3) is 22.6 Å². The number of imidazole rings is 1. The van der Waals surface area contributed by atoms with Crippen molar-refractivity contribution in [1.29, 1.82) is 0 Å². The summed E-state index contributed by atoms with van der Waals surface area (Å²) in [7, 11) is 1.63. The summed E-state index contributed by atoms with van der Waals surface area (Å²) < 4.78 is 20.3. The number of anilines is 1. The molecule has 0 aliphatic rings. The molecule has 3 N–H and O–H groups in total. The molecular formula is C18H16FN5O. The number of hydrogen-bond acceptors (Lipinski definition) is 4. The predicted octanol–water partition coefficient (Wildman–Crippen LogP) is 3.20. The van der Waals surface area contributed by atoms with E-state index in [1.54, 1.807) is 23.9 Å². The fourth-order valence-corrected chi connectivity index (χ4v) is 2.75.